The maximum absolute atomic E-state index is 13.3. The van der Waals surface area contributed by atoms with E-state index in [1.807, 2.05) is 6.08 Å². The van der Waals surface area contributed by atoms with Crippen molar-refractivity contribution in [1.82, 2.24) is 10.2 Å². The molecule has 3 rings (SSSR count). The number of H-pyrrole nitrogens is 1. The molecule has 17 heavy (non-hydrogen) atoms. The van der Waals surface area contributed by atoms with Crippen molar-refractivity contribution in [3.05, 3.63) is 24.2 Å². The molecule has 0 saturated heterocycles. The predicted molar refractivity (Wildman–Crippen MR) is 59.4 cm³/mol. The van der Waals surface area contributed by atoms with Gasteiger partial charge in [-0.15, -0.1) is 0 Å². The van der Waals surface area contributed by atoms with E-state index < -0.39 is 5.82 Å². The summed E-state index contributed by atoms with van der Waals surface area (Å²) in [7, 11) is 0. The molecule has 4 atom stereocenters. The Kier molecular flexibility index (Phi) is 2.17. The number of fused-ring (bicyclic) bond motifs is 2. The van der Waals surface area contributed by atoms with Crippen LogP contribution in [0.1, 0.15) is 6.42 Å². The number of nitrogens with one attached hydrogen (secondary N) is 2. The first-order chi connectivity index (χ1) is 8.16. The highest BCUT2D eigenvalue weighted by atomic mass is 19.1. The Morgan fingerprint density at radius 3 is 2.94 bits per heavy atom. The minimum atomic E-state index is -0.444. The van der Waals surface area contributed by atoms with Crippen LogP contribution in [0.4, 0.5) is 10.2 Å². The van der Waals surface area contributed by atoms with Gasteiger partial charge in [-0.2, -0.15) is 5.10 Å². The maximum Gasteiger partial charge on any atom is 0.223 e. The van der Waals surface area contributed by atoms with Crippen LogP contribution >= 0.6 is 0 Å². The second-order valence-electron chi connectivity index (χ2n) is 4.64. The number of amides is 1. The number of hydrogen-bond donors (Lipinski definition) is 3. The summed E-state index contributed by atoms with van der Waals surface area (Å²) < 4.78 is 13.3. The fourth-order valence-corrected chi connectivity index (χ4v) is 2.95. The molecule has 3 unspecified atom stereocenters. The topological polar surface area (TPSA) is 83.8 Å². The lowest BCUT2D eigenvalue weighted by Gasteiger charge is -2.26. The van der Waals surface area contributed by atoms with Crippen molar-refractivity contribution in [2.24, 2.45) is 23.5 Å². The van der Waals surface area contributed by atoms with Gasteiger partial charge in [0.1, 0.15) is 0 Å². The van der Waals surface area contributed by atoms with Crippen LogP contribution in [0.3, 0.4) is 0 Å². The lowest BCUT2D eigenvalue weighted by molar-refractivity contribution is -0.122. The summed E-state index contributed by atoms with van der Waals surface area (Å²) in [4.78, 5) is 11.4. The zero-order valence-electron chi connectivity index (χ0n) is 9.06. The van der Waals surface area contributed by atoms with Gasteiger partial charge in [-0.05, 0) is 18.3 Å². The minimum absolute atomic E-state index is 0.141. The van der Waals surface area contributed by atoms with Gasteiger partial charge in [0.25, 0.3) is 0 Å². The molecule has 1 aromatic heterocycles. The Hall–Kier alpha value is -1.85. The van der Waals surface area contributed by atoms with E-state index in [2.05, 4.69) is 21.6 Å². The molecule has 90 valence electrons. The lowest BCUT2D eigenvalue weighted by Crippen LogP contribution is -2.41. The van der Waals surface area contributed by atoms with Crippen molar-refractivity contribution in [2.45, 2.75) is 12.5 Å². The lowest BCUT2D eigenvalue weighted by atomic mass is 9.88. The highest BCUT2D eigenvalue weighted by Crippen LogP contribution is 2.44. The van der Waals surface area contributed by atoms with Crippen molar-refractivity contribution < 1.29 is 9.18 Å². The molecule has 6 heteroatoms. The van der Waals surface area contributed by atoms with Crippen molar-refractivity contribution in [2.75, 3.05) is 5.32 Å². The van der Waals surface area contributed by atoms with E-state index in [1.165, 1.54) is 0 Å². The first-order valence-electron chi connectivity index (χ1n) is 5.60. The van der Waals surface area contributed by atoms with Gasteiger partial charge in [0.15, 0.2) is 11.6 Å². The predicted octanol–water partition coefficient (Wildman–Crippen LogP) is 0.637. The first kappa shape index (κ1) is 10.3. The molecule has 4 N–H and O–H groups in total. The summed E-state index contributed by atoms with van der Waals surface area (Å²) >= 11 is 0. The number of carbonyl (C=O) groups is 1. The molecule has 5 nitrogen and oxygen atoms in total. The van der Waals surface area contributed by atoms with Gasteiger partial charge in [-0.25, -0.2) is 4.39 Å². The van der Waals surface area contributed by atoms with Crippen LogP contribution in [-0.2, 0) is 4.79 Å². The largest absolute Gasteiger partial charge is 0.369 e. The number of halogens is 1. The molecule has 1 aromatic rings. The monoisotopic (exact) mass is 236 g/mol. The van der Waals surface area contributed by atoms with Crippen LogP contribution < -0.4 is 11.1 Å². The van der Waals surface area contributed by atoms with Gasteiger partial charge in [-0.1, -0.05) is 12.2 Å². The summed E-state index contributed by atoms with van der Waals surface area (Å²) in [6.07, 6.45) is 6.10. The van der Waals surface area contributed by atoms with E-state index in [-0.39, 0.29) is 35.5 Å². The Labute approximate surface area is 97.3 Å². The summed E-state index contributed by atoms with van der Waals surface area (Å²) in [6, 6.07) is -0.141. The van der Waals surface area contributed by atoms with Crippen LogP contribution in [0.5, 0.6) is 0 Å². The van der Waals surface area contributed by atoms with E-state index >= 15 is 0 Å². The molecular formula is C11H13FN4O. The quantitative estimate of drug-likeness (QED) is 0.673. The number of carbonyl (C=O) groups excluding carboxylic acids is 1. The van der Waals surface area contributed by atoms with Crippen molar-refractivity contribution in [3.63, 3.8) is 0 Å². The van der Waals surface area contributed by atoms with Gasteiger partial charge >= 0.3 is 0 Å². The molecular weight excluding hydrogens is 223 g/mol. The summed E-state index contributed by atoms with van der Waals surface area (Å²) in [5.41, 5.74) is 5.41. The Morgan fingerprint density at radius 1 is 1.53 bits per heavy atom. The van der Waals surface area contributed by atoms with Gasteiger partial charge in [-0.3, -0.25) is 9.89 Å². The SMILES string of the molecule is NC(=O)C1C2C=C[C@@H](C2)C1Nc1[nH]ncc1F. The number of hydrogen-bond acceptors (Lipinski definition) is 3. The van der Waals surface area contributed by atoms with Crippen LogP contribution in [0, 0.1) is 23.6 Å². The fourth-order valence-electron chi connectivity index (χ4n) is 2.95. The number of primary amides is 1. The second-order valence-corrected chi connectivity index (χ2v) is 4.64. The molecule has 0 spiro atoms. The molecule has 1 saturated carbocycles. The molecule has 1 fully saturated rings. The van der Waals surface area contributed by atoms with Crippen LogP contribution in [0.2, 0.25) is 0 Å². The average Bonchev–Trinajstić information content (AvgIpc) is 2.95. The van der Waals surface area contributed by atoms with Crippen LogP contribution in [0.15, 0.2) is 18.3 Å². The van der Waals surface area contributed by atoms with E-state index in [1.54, 1.807) is 0 Å². The van der Waals surface area contributed by atoms with Crippen molar-refractivity contribution in [1.29, 1.82) is 0 Å². The van der Waals surface area contributed by atoms with Gasteiger partial charge in [0, 0.05) is 6.04 Å². The second kappa shape index (κ2) is 3.58. The van der Waals surface area contributed by atoms with E-state index in [4.69, 9.17) is 5.73 Å². The summed E-state index contributed by atoms with van der Waals surface area (Å²) in [5.74, 6) is -0.407. The van der Waals surface area contributed by atoms with Crippen molar-refractivity contribution >= 4 is 11.7 Å². The number of aromatic nitrogens is 2. The van der Waals surface area contributed by atoms with Gasteiger partial charge in [0.05, 0.1) is 12.1 Å². The third-order valence-corrected chi connectivity index (χ3v) is 3.69. The molecule has 1 amide bonds. The number of rotatable bonds is 3. The zero-order chi connectivity index (χ0) is 12.0. The Balaban J connectivity index is 1.85. The van der Waals surface area contributed by atoms with Crippen molar-refractivity contribution in [3.8, 4) is 0 Å². The third-order valence-electron chi connectivity index (χ3n) is 3.69. The third kappa shape index (κ3) is 1.51. The fraction of sp³-hybridized carbons (Fsp3) is 0.455. The Bertz CT molecular complexity index is 484. The van der Waals surface area contributed by atoms with E-state index in [0.717, 1.165) is 12.6 Å². The average molecular weight is 236 g/mol. The molecule has 0 radical (unpaired) electrons. The Morgan fingerprint density at radius 2 is 2.29 bits per heavy atom. The summed E-state index contributed by atoms with van der Waals surface area (Å²) in [5, 5.41) is 9.14. The summed E-state index contributed by atoms with van der Waals surface area (Å²) in [6.45, 7) is 0. The highest BCUT2D eigenvalue weighted by Gasteiger charge is 2.47. The number of aromatic amines is 1. The normalized spacial score (nSPS) is 34.2. The standard InChI is InChI=1S/C11H13FN4O/c12-7-4-14-16-11(7)15-9-6-2-1-5(3-6)8(9)10(13)17/h1-2,4-6,8-9H,3H2,(H2,13,17)(H2,14,15,16)/t5?,6-,8?,9?/m0/s1. The van der Waals surface area contributed by atoms with Crippen LogP contribution in [-0.4, -0.2) is 22.1 Å². The highest BCUT2D eigenvalue weighted by molar-refractivity contribution is 5.79. The number of nitrogens with zero attached hydrogens (tertiary/aromatic N) is 1. The zero-order valence-corrected chi connectivity index (χ0v) is 9.06. The smallest absolute Gasteiger partial charge is 0.223 e. The number of nitrogens with two attached hydrogens (primary N) is 1. The molecule has 0 aliphatic heterocycles. The molecule has 2 aliphatic rings. The molecule has 2 aliphatic carbocycles. The van der Waals surface area contributed by atoms with E-state index in [0.29, 0.717) is 0 Å². The van der Waals surface area contributed by atoms with Crippen LogP contribution in [0.25, 0.3) is 0 Å². The minimum Gasteiger partial charge on any atom is -0.369 e. The molecule has 2 bridgehead atoms. The maximum atomic E-state index is 13.3. The van der Waals surface area contributed by atoms with Gasteiger partial charge < -0.3 is 11.1 Å². The number of anilines is 1. The van der Waals surface area contributed by atoms with E-state index in [9.17, 15) is 9.18 Å². The first-order valence-corrected chi connectivity index (χ1v) is 5.60. The molecule has 1 heterocycles. The number of allylic oxidation sites excluding steroid dienone is 1. The van der Waals surface area contributed by atoms with Gasteiger partial charge in [0.2, 0.25) is 5.91 Å². The molecule has 0 aromatic carbocycles.